The third-order valence-electron chi connectivity index (χ3n) is 2.34. The number of ether oxygens (including phenoxy) is 1. The number of nitrogens with zero attached hydrogens (tertiary/aromatic N) is 1. The van der Waals surface area contributed by atoms with Crippen molar-refractivity contribution >= 4 is 16.0 Å². The minimum Gasteiger partial charge on any atom is -0.495 e. The topological polar surface area (TPSA) is 83.9 Å². The van der Waals surface area contributed by atoms with Crippen molar-refractivity contribution in [2.45, 2.75) is 11.3 Å². The first-order valence-electron chi connectivity index (χ1n) is 5.10. The molecular weight excluding hydrogens is 258 g/mol. The van der Waals surface area contributed by atoms with E-state index in [9.17, 15) is 13.2 Å². The molecule has 7 heteroatoms. The summed E-state index contributed by atoms with van der Waals surface area (Å²) in [6, 6.07) is 4.30. The third-order valence-corrected chi connectivity index (χ3v) is 4.18. The Bertz CT molecular complexity index is 551. The normalized spacial score (nSPS) is 11.6. The predicted octanol–water partition coefficient (Wildman–Crippen LogP) is 0.573. The zero-order valence-corrected chi connectivity index (χ0v) is 11.2. The van der Waals surface area contributed by atoms with Gasteiger partial charge in [-0.2, -0.15) is 0 Å². The summed E-state index contributed by atoms with van der Waals surface area (Å²) in [5.41, 5.74) is 0.406. The molecule has 18 heavy (non-hydrogen) atoms. The molecule has 1 aromatic rings. The Balaban J connectivity index is 3.35. The summed E-state index contributed by atoms with van der Waals surface area (Å²) in [4.78, 5) is 10.6. The van der Waals surface area contributed by atoms with Gasteiger partial charge in [-0.3, -0.25) is 4.79 Å². The number of aliphatic carboxylic acids is 1. The zero-order chi connectivity index (χ0) is 13.9. The maximum absolute atomic E-state index is 12.0. The van der Waals surface area contributed by atoms with Crippen LogP contribution in [-0.2, 0) is 21.2 Å². The molecular formula is C11H15NO5S. The van der Waals surface area contributed by atoms with Crippen molar-refractivity contribution in [3.63, 3.8) is 0 Å². The average Bonchev–Trinajstić information content (AvgIpc) is 2.27. The second-order valence-electron chi connectivity index (χ2n) is 3.84. The SMILES string of the molecule is COc1ccc(CC(=O)O)cc1S(=O)(=O)N(C)C. The van der Waals surface area contributed by atoms with E-state index in [1.807, 2.05) is 0 Å². The molecule has 1 aromatic carbocycles. The van der Waals surface area contributed by atoms with Crippen LogP contribution in [0.5, 0.6) is 5.75 Å². The molecule has 100 valence electrons. The maximum Gasteiger partial charge on any atom is 0.307 e. The molecule has 0 spiro atoms. The molecule has 0 saturated carbocycles. The molecule has 0 aliphatic heterocycles. The van der Waals surface area contributed by atoms with Gasteiger partial charge in [0.05, 0.1) is 13.5 Å². The van der Waals surface area contributed by atoms with Crippen LogP contribution >= 0.6 is 0 Å². The fourth-order valence-corrected chi connectivity index (χ4v) is 2.50. The van der Waals surface area contributed by atoms with Crippen LogP contribution in [0.3, 0.4) is 0 Å². The highest BCUT2D eigenvalue weighted by molar-refractivity contribution is 7.89. The first-order valence-corrected chi connectivity index (χ1v) is 6.54. The van der Waals surface area contributed by atoms with Crippen molar-refractivity contribution in [2.75, 3.05) is 21.2 Å². The van der Waals surface area contributed by atoms with Gasteiger partial charge in [-0.1, -0.05) is 6.07 Å². The lowest BCUT2D eigenvalue weighted by Crippen LogP contribution is -2.23. The second-order valence-corrected chi connectivity index (χ2v) is 5.96. The van der Waals surface area contributed by atoms with E-state index in [1.54, 1.807) is 0 Å². The van der Waals surface area contributed by atoms with Crippen molar-refractivity contribution < 1.29 is 23.1 Å². The number of sulfonamides is 1. The Hall–Kier alpha value is -1.60. The first kappa shape index (κ1) is 14.5. The van der Waals surface area contributed by atoms with Crippen LogP contribution in [0.4, 0.5) is 0 Å². The molecule has 0 aliphatic carbocycles. The van der Waals surface area contributed by atoms with Crippen molar-refractivity contribution in [1.82, 2.24) is 4.31 Å². The third kappa shape index (κ3) is 2.99. The summed E-state index contributed by atoms with van der Waals surface area (Å²) in [6.07, 6.45) is -0.236. The molecule has 0 aromatic heterocycles. The lowest BCUT2D eigenvalue weighted by Gasteiger charge is -2.15. The Morgan fingerprint density at radius 2 is 2.00 bits per heavy atom. The molecule has 6 nitrogen and oxygen atoms in total. The largest absolute Gasteiger partial charge is 0.495 e. The van der Waals surface area contributed by atoms with Gasteiger partial charge < -0.3 is 9.84 Å². The quantitative estimate of drug-likeness (QED) is 0.848. The van der Waals surface area contributed by atoms with E-state index in [1.165, 1.54) is 39.4 Å². The van der Waals surface area contributed by atoms with Gasteiger partial charge in [0.2, 0.25) is 10.0 Å². The number of rotatable bonds is 5. The van der Waals surface area contributed by atoms with E-state index in [4.69, 9.17) is 9.84 Å². The van der Waals surface area contributed by atoms with E-state index < -0.39 is 16.0 Å². The fraction of sp³-hybridized carbons (Fsp3) is 0.364. The highest BCUT2D eigenvalue weighted by atomic mass is 32.2. The van der Waals surface area contributed by atoms with Gasteiger partial charge in [0, 0.05) is 14.1 Å². The molecule has 0 radical (unpaired) electrons. The maximum atomic E-state index is 12.0. The number of carbonyl (C=O) groups is 1. The molecule has 0 aliphatic rings. The number of carboxylic acids is 1. The summed E-state index contributed by atoms with van der Waals surface area (Å²) in [5, 5.41) is 8.71. The van der Waals surface area contributed by atoms with Crippen LogP contribution in [0, 0.1) is 0 Å². The number of methoxy groups -OCH3 is 1. The van der Waals surface area contributed by atoms with Crippen molar-refractivity contribution in [3.05, 3.63) is 23.8 Å². The number of hydrogen-bond acceptors (Lipinski definition) is 4. The fourth-order valence-electron chi connectivity index (χ4n) is 1.40. The van der Waals surface area contributed by atoms with Gasteiger partial charge in [-0.25, -0.2) is 12.7 Å². The molecule has 0 fully saturated rings. The van der Waals surface area contributed by atoms with Crippen molar-refractivity contribution in [3.8, 4) is 5.75 Å². The van der Waals surface area contributed by atoms with Gasteiger partial charge >= 0.3 is 5.97 Å². The highest BCUT2D eigenvalue weighted by Crippen LogP contribution is 2.26. The average molecular weight is 273 g/mol. The van der Waals surface area contributed by atoms with Crippen LogP contribution in [-0.4, -0.2) is 45.0 Å². The molecule has 0 amide bonds. The first-order chi connectivity index (χ1) is 8.28. The molecule has 1 rings (SSSR count). The Labute approximate surface area is 106 Å². The predicted molar refractivity (Wildman–Crippen MR) is 65.2 cm³/mol. The minimum absolute atomic E-state index is 0.0336. The van der Waals surface area contributed by atoms with Crippen LogP contribution in [0.1, 0.15) is 5.56 Å². The summed E-state index contributed by atoms with van der Waals surface area (Å²) < 4.78 is 30.1. The van der Waals surface area contributed by atoms with Gasteiger partial charge in [0.15, 0.2) is 0 Å². The summed E-state index contributed by atoms with van der Waals surface area (Å²) in [5.74, 6) is -0.828. The lowest BCUT2D eigenvalue weighted by atomic mass is 10.1. The molecule has 0 bridgehead atoms. The molecule has 0 unspecified atom stereocenters. The van der Waals surface area contributed by atoms with Crippen molar-refractivity contribution in [2.24, 2.45) is 0 Å². The molecule has 1 N–H and O–H groups in total. The number of benzene rings is 1. The zero-order valence-electron chi connectivity index (χ0n) is 10.4. The van der Waals surface area contributed by atoms with E-state index in [0.29, 0.717) is 5.56 Å². The van der Waals surface area contributed by atoms with Gasteiger partial charge in [-0.05, 0) is 17.7 Å². The van der Waals surface area contributed by atoms with E-state index in [0.717, 1.165) is 4.31 Å². The Morgan fingerprint density at radius 3 is 2.44 bits per heavy atom. The standard InChI is InChI=1S/C11H15NO5S/c1-12(2)18(15,16)10-6-8(7-11(13)14)4-5-9(10)17-3/h4-6H,7H2,1-3H3,(H,13,14). The molecule has 0 atom stereocenters. The van der Waals surface area contributed by atoms with Gasteiger partial charge in [0.1, 0.15) is 10.6 Å². The van der Waals surface area contributed by atoms with E-state index in [-0.39, 0.29) is 17.1 Å². The smallest absolute Gasteiger partial charge is 0.307 e. The van der Waals surface area contributed by atoms with Crippen molar-refractivity contribution in [1.29, 1.82) is 0 Å². The van der Waals surface area contributed by atoms with Gasteiger partial charge in [0.25, 0.3) is 0 Å². The summed E-state index contributed by atoms with van der Waals surface area (Å²) in [6.45, 7) is 0. The Morgan fingerprint density at radius 1 is 1.39 bits per heavy atom. The molecule has 0 saturated heterocycles. The summed E-state index contributed by atoms with van der Waals surface area (Å²) >= 11 is 0. The number of carboxylic acid groups (broad SMARTS) is 1. The highest BCUT2D eigenvalue weighted by Gasteiger charge is 2.22. The minimum atomic E-state index is -3.66. The second kappa shape index (κ2) is 5.36. The Kier molecular flexibility index (Phi) is 4.31. The van der Waals surface area contributed by atoms with E-state index >= 15 is 0 Å². The van der Waals surface area contributed by atoms with E-state index in [2.05, 4.69) is 0 Å². The van der Waals surface area contributed by atoms with Crippen LogP contribution < -0.4 is 4.74 Å². The van der Waals surface area contributed by atoms with Gasteiger partial charge in [-0.15, -0.1) is 0 Å². The van der Waals surface area contributed by atoms with Crippen LogP contribution in [0.25, 0.3) is 0 Å². The monoisotopic (exact) mass is 273 g/mol. The lowest BCUT2D eigenvalue weighted by molar-refractivity contribution is -0.136. The van der Waals surface area contributed by atoms with Crippen LogP contribution in [0.15, 0.2) is 23.1 Å². The summed E-state index contributed by atoms with van der Waals surface area (Å²) in [7, 11) is 0.502. The van der Waals surface area contributed by atoms with Crippen LogP contribution in [0.2, 0.25) is 0 Å². The molecule has 0 heterocycles. The number of hydrogen-bond donors (Lipinski definition) is 1.